The van der Waals surface area contributed by atoms with Gasteiger partial charge in [-0.25, -0.2) is 0 Å². The van der Waals surface area contributed by atoms with Crippen molar-refractivity contribution in [3.05, 3.63) is 46.0 Å². The number of hydrogen-bond acceptors (Lipinski definition) is 6. The van der Waals surface area contributed by atoms with Gasteiger partial charge in [-0.1, -0.05) is 46.3 Å². The molecule has 6 heteroatoms. The summed E-state index contributed by atoms with van der Waals surface area (Å²) in [6.45, 7) is 14.0. The summed E-state index contributed by atoms with van der Waals surface area (Å²) in [5.41, 5.74) is 2.44. The largest absolute Gasteiger partial charge is 0.504 e. The number of carbonyl (C=O) groups is 1. The maximum Gasteiger partial charge on any atom is 0.231 e. The van der Waals surface area contributed by atoms with Gasteiger partial charge in [0.25, 0.3) is 0 Å². The highest BCUT2D eigenvalue weighted by atomic mass is 16.6. The van der Waals surface area contributed by atoms with E-state index >= 15 is 0 Å². The van der Waals surface area contributed by atoms with Gasteiger partial charge in [-0.2, -0.15) is 0 Å². The number of Topliss-reactive ketones (excluding diaryl/α,β-unsaturated/α-hetero) is 1. The molecule has 0 amide bonds. The summed E-state index contributed by atoms with van der Waals surface area (Å²) in [4.78, 5) is 13.0. The number of fused-ring (bicyclic) bond motifs is 4. The van der Waals surface area contributed by atoms with Crippen LogP contribution in [-0.2, 0) is 14.3 Å². The number of rotatable bonds is 0. The number of carbonyl (C=O) groups excluding carboxylic acids is 1. The van der Waals surface area contributed by atoms with Crippen LogP contribution in [0.15, 0.2) is 46.0 Å². The molecular formula is C29H42O6. The van der Waals surface area contributed by atoms with E-state index in [1.807, 2.05) is 20.8 Å². The quantitative estimate of drug-likeness (QED) is 0.411. The molecule has 0 spiro atoms. The van der Waals surface area contributed by atoms with E-state index in [1.165, 1.54) is 5.57 Å². The Balaban J connectivity index is 1.83. The average molecular weight is 487 g/mol. The van der Waals surface area contributed by atoms with E-state index in [-0.39, 0.29) is 35.2 Å². The molecule has 0 aromatic carbocycles. The molecular weight excluding hydrogens is 444 g/mol. The highest BCUT2D eigenvalue weighted by molar-refractivity contribution is 6.10. The van der Waals surface area contributed by atoms with E-state index in [9.17, 15) is 20.1 Å². The molecule has 3 heterocycles. The van der Waals surface area contributed by atoms with Crippen LogP contribution in [0.2, 0.25) is 0 Å². The first-order chi connectivity index (χ1) is 16.3. The molecule has 0 aromatic rings. The van der Waals surface area contributed by atoms with Crippen molar-refractivity contribution in [3.8, 4) is 0 Å². The van der Waals surface area contributed by atoms with Gasteiger partial charge in [0, 0.05) is 34.5 Å². The fourth-order valence-electron chi connectivity index (χ4n) is 6.51. The molecule has 0 unspecified atom stereocenters. The van der Waals surface area contributed by atoms with Crippen LogP contribution in [-0.4, -0.2) is 45.2 Å². The molecule has 0 aromatic heterocycles. The number of allylic oxidation sites excluding steroid dienone is 4. The third-order valence-corrected chi connectivity index (χ3v) is 8.66. The molecule has 1 aliphatic carbocycles. The van der Waals surface area contributed by atoms with Gasteiger partial charge in [-0.15, -0.1) is 0 Å². The summed E-state index contributed by atoms with van der Waals surface area (Å²) in [7, 11) is 0. The van der Waals surface area contributed by atoms with Gasteiger partial charge in [-0.3, -0.25) is 4.79 Å². The zero-order valence-electron chi connectivity index (χ0n) is 22.2. The Morgan fingerprint density at radius 2 is 1.74 bits per heavy atom. The predicted octanol–water partition coefficient (Wildman–Crippen LogP) is 5.13. The van der Waals surface area contributed by atoms with Crippen molar-refractivity contribution in [2.24, 2.45) is 29.6 Å². The highest BCUT2D eigenvalue weighted by Gasteiger charge is 2.51. The van der Waals surface area contributed by atoms with Crippen LogP contribution in [0.5, 0.6) is 0 Å². The second kappa shape index (κ2) is 9.53. The number of ether oxygens (including phenoxy) is 2. The third kappa shape index (κ3) is 4.65. The molecule has 0 saturated carbocycles. The number of ketones is 1. The van der Waals surface area contributed by atoms with Crippen LogP contribution in [0.25, 0.3) is 0 Å². The lowest BCUT2D eigenvalue weighted by Gasteiger charge is -2.44. The smallest absolute Gasteiger partial charge is 0.231 e. The topological polar surface area (TPSA) is 96.2 Å². The third-order valence-electron chi connectivity index (χ3n) is 8.66. The first-order valence-electron chi connectivity index (χ1n) is 13.2. The van der Waals surface area contributed by atoms with Crippen molar-refractivity contribution < 1.29 is 29.6 Å². The lowest BCUT2D eigenvalue weighted by atomic mass is 9.75. The Hall–Kier alpha value is -1.89. The Morgan fingerprint density at radius 1 is 1.06 bits per heavy atom. The normalized spacial score (nSPS) is 44.5. The van der Waals surface area contributed by atoms with Crippen molar-refractivity contribution in [1.82, 2.24) is 0 Å². The molecule has 6 nitrogen and oxygen atoms in total. The molecule has 4 rings (SSSR count). The molecule has 1 saturated heterocycles. The molecule has 3 N–H and O–H groups in total. The molecule has 4 aliphatic rings. The lowest BCUT2D eigenvalue weighted by molar-refractivity contribution is -0.164. The summed E-state index contributed by atoms with van der Waals surface area (Å²) >= 11 is 0. The van der Waals surface area contributed by atoms with Crippen molar-refractivity contribution in [1.29, 1.82) is 0 Å². The second-order valence-electron chi connectivity index (χ2n) is 11.8. The first-order valence-corrected chi connectivity index (χ1v) is 13.2. The maximum absolute atomic E-state index is 13.0. The van der Waals surface area contributed by atoms with Crippen LogP contribution in [0.3, 0.4) is 0 Å². The number of aliphatic hydroxyl groups is 3. The van der Waals surface area contributed by atoms with Crippen LogP contribution in [0.4, 0.5) is 0 Å². The van der Waals surface area contributed by atoms with E-state index < -0.39 is 23.8 Å². The summed E-state index contributed by atoms with van der Waals surface area (Å²) < 4.78 is 12.7. The van der Waals surface area contributed by atoms with E-state index in [0.29, 0.717) is 28.7 Å². The van der Waals surface area contributed by atoms with Gasteiger partial charge in [-0.05, 0) is 57.4 Å². The van der Waals surface area contributed by atoms with Crippen molar-refractivity contribution in [3.63, 3.8) is 0 Å². The van der Waals surface area contributed by atoms with E-state index in [0.717, 1.165) is 25.7 Å². The fourth-order valence-corrected chi connectivity index (χ4v) is 6.51. The molecule has 194 valence electrons. The Kier molecular flexibility index (Phi) is 7.13. The van der Waals surface area contributed by atoms with Crippen molar-refractivity contribution >= 4 is 5.78 Å². The standard InChI is InChI=1S/C29H42O6/c1-14-8-9-22-18(5)24(30)19(6)28(34-22)23-21-13-29(33,17(4)12-16(3)11-15(2)10-14)35-27(21)20(7)25(31)26(23)32/h10,13-14,16-19,22,24,28,30,32-33H,8-9,11-12H2,1-7H3/b15-10-/t14-,16+,17-,18-,19+,22+,24-,28+,29+/m0/s1. The van der Waals surface area contributed by atoms with E-state index in [1.54, 1.807) is 13.0 Å². The predicted molar refractivity (Wildman–Crippen MR) is 134 cm³/mol. The Bertz CT molecular complexity index is 1000. The first kappa shape index (κ1) is 26.2. The SMILES string of the molecule is CC1=C2O[C@]3(O)C=C2C(=C(O)C1=O)[C@@H]1O[C@H](CC[C@H](C)/C=C(/C)C[C@@H](C)C[C@@H]3C)[C@H](C)[C@H](O)[C@H]1C. The fraction of sp³-hybridized carbons (Fsp3) is 0.690. The molecule has 35 heavy (non-hydrogen) atoms. The minimum Gasteiger partial charge on any atom is -0.504 e. The van der Waals surface area contributed by atoms with Gasteiger partial charge >= 0.3 is 0 Å². The van der Waals surface area contributed by atoms with Crippen LogP contribution >= 0.6 is 0 Å². The summed E-state index contributed by atoms with van der Waals surface area (Å²) in [5, 5.41) is 33.8. The van der Waals surface area contributed by atoms with Crippen molar-refractivity contribution in [2.75, 3.05) is 0 Å². The number of hydrogen-bond donors (Lipinski definition) is 3. The van der Waals surface area contributed by atoms with Gasteiger partial charge in [0.05, 0.1) is 18.3 Å². The van der Waals surface area contributed by atoms with Crippen LogP contribution in [0.1, 0.15) is 74.1 Å². The Labute approximate surface area is 209 Å². The van der Waals surface area contributed by atoms with Gasteiger partial charge in [0.15, 0.2) is 5.76 Å². The molecule has 3 aliphatic heterocycles. The zero-order valence-corrected chi connectivity index (χ0v) is 22.2. The summed E-state index contributed by atoms with van der Waals surface area (Å²) in [5.74, 6) is -2.16. The minimum absolute atomic E-state index is 0.0815. The van der Waals surface area contributed by atoms with Crippen LogP contribution < -0.4 is 0 Å². The van der Waals surface area contributed by atoms with Gasteiger partial charge < -0.3 is 24.8 Å². The summed E-state index contributed by atoms with van der Waals surface area (Å²) in [6, 6.07) is 0. The maximum atomic E-state index is 13.0. The van der Waals surface area contributed by atoms with E-state index in [2.05, 4.69) is 26.8 Å². The van der Waals surface area contributed by atoms with Gasteiger partial charge in [0.1, 0.15) is 5.76 Å². The highest BCUT2D eigenvalue weighted by Crippen LogP contribution is 2.49. The lowest BCUT2D eigenvalue weighted by Crippen LogP contribution is -2.50. The molecule has 1 fully saturated rings. The second-order valence-corrected chi connectivity index (χ2v) is 11.8. The van der Waals surface area contributed by atoms with Crippen molar-refractivity contribution in [2.45, 2.75) is 98.2 Å². The summed E-state index contributed by atoms with van der Waals surface area (Å²) in [6.07, 6.45) is 5.76. The monoisotopic (exact) mass is 486 g/mol. The average Bonchev–Trinajstić information content (AvgIpc) is 3.14. The number of aliphatic hydroxyl groups excluding tert-OH is 2. The van der Waals surface area contributed by atoms with Gasteiger partial charge in [0.2, 0.25) is 11.6 Å². The molecule has 9 atom stereocenters. The molecule has 4 bridgehead atoms. The van der Waals surface area contributed by atoms with E-state index in [4.69, 9.17) is 9.47 Å². The van der Waals surface area contributed by atoms with Crippen LogP contribution in [0, 0.1) is 29.6 Å². The zero-order chi connectivity index (χ0) is 25.8. The minimum atomic E-state index is -1.60. The molecule has 0 radical (unpaired) electrons. The Morgan fingerprint density at radius 3 is 2.43 bits per heavy atom.